The van der Waals surface area contributed by atoms with E-state index in [-0.39, 0.29) is 11.5 Å². The predicted octanol–water partition coefficient (Wildman–Crippen LogP) is 4.00. The third-order valence-electron chi connectivity index (χ3n) is 3.57. The molecule has 3 aromatic carbocycles. The summed E-state index contributed by atoms with van der Waals surface area (Å²) in [7, 11) is 0. The van der Waals surface area contributed by atoms with Crippen molar-refractivity contribution in [1.82, 2.24) is 0 Å². The molecule has 0 aromatic heterocycles. The Balaban J connectivity index is 0.000000261. The smallest absolute Gasteiger partial charge is 0.313 e. The SMILES string of the molecule is O=C(O)CSCCOc1ccc(O)c2ccccc12.O=CNc1ccccc1. The van der Waals surface area contributed by atoms with Crippen LogP contribution >= 0.6 is 11.8 Å². The summed E-state index contributed by atoms with van der Waals surface area (Å²) in [6.07, 6.45) is 0.662. The van der Waals surface area contributed by atoms with Gasteiger partial charge in [0.25, 0.3) is 0 Å². The fraction of sp³-hybridized carbons (Fsp3) is 0.143. The van der Waals surface area contributed by atoms with E-state index in [0.717, 1.165) is 16.5 Å². The van der Waals surface area contributed by atoms with Crippen molar-refractivity contribution in [3.63, 3.8) is 0 Å². The van der Waals surface area contributed by atoms with Gasteiger partial charge in [0.05, 0.1) is 12.4 Å². The van der Waals surface area contributed by atoms with Gasteiger partial charge in [-0.05, 0) is 24.3 Å². The number of aliphatic carboxylic acids is 1. The Kier molecular flexibility index (Phi) is 8.68. The van der Waals surface area contributed by atoms with Crippen LogP contribution in [0.2, 0.25) is 0 Å². The Morgan fingerprint density at radius 2 is 1.68 bits per heavy atom. The molecule has 0 saturated carbocycles. The van der Waals surface area contributed by atoms with Gasteiger partial charge in [0, 0.05) is 22.2 Å². The Hall–Kier alpha value is -3.19. The van der Waals surface area contributed by atoms with Gasteiger partial charge in [-0.15, -0.1) is 11.8 Å². The molecule has 7 heteroatoms. The summed E-state index contributed by atoms with van der Waals surface area (Å²) in [6, 6.07) is 20.1. The maximum Gasteiger partial charge on any atom is 0.313 e. The molecule has 0 radical (unpaired) electrons. The predicted molar refractivity (Wildman–Crippen MR) is 112 cm³/mol. The van der Waals surface area contributed by atoms with Crippen molar-refractivity contribution >= 4 is 40.6 Å². The van der Waals surface area contributed by atoms with Gasteiger partial charge in [0.15, 0.2) is 0 Å². The van der Waals surface area contributed by atoms with E-state index in [1.54, 1.807) is 12.1 Å². The molecule has 0 atom stereocenters. The minimum atomic E-state index is -0.819. The lowest BCUT2D eigenvalue weighted by molar-refractivity contribution is -0.133. The quantitative estimate of drug-likeness (QED) is 0.391. The average molecular weight is 399 g/mol. The number of fused-ring (bicyclic) bond motifs is 1. The van der Waals surface area contributed by atoms with Gasteiger partial charge in [-0.25, -0.2) is 0 Å². The second-order valence-corrected chi connectivity index (χ2v) is 6.66. The maximum absolute atomic E-state index is 10.4. The normalized spacial score (nSPS) is 9.86. The van der Waals surface area contributed by atoms with Crippen LogP contribution in [0, 0.1) is 0 Å². The molecule has 0 heterocycles. The number of hydrogen-bond acceptors (Lipinski definition) is 5. The number of carbonyl (C=O) groups is 2. The van der Waals surface area contributed by atoms with Crippen molar-refractivity contribution in [2.75, 3.05) is 23.4 Å². The molecule has 3 aromatic rings. The van der Waals surface area contributed by atoms with E-state index in [1.165, 1.54) is 11.8 Å². The first kappa shape index (κ1) is 21.1. The summed E-state index contributed by atoms with van der Waals surface area (Å²) in [5.74, 6) is 0.800. The zero-order chi connectivity index (χ0) is 20.2. The lowest BCUT2D eigenvalue weighted by Gasteiger charge is -2.09. The molecule has 0 aliphatic rings. The third-order valence-corrected chi connectivity index (χ3v) is 4.48. The van der Waals surface area contributed by atoms with Gasteiger partial charge < -0.3 is 20.3 Å². The van der Waals surface area contributed by atoms with Crippen molar-refractivity contribution in [3.8, 4) is 11.5 Å². The van der Waals surface area contributed by atoms with E-state index in [1.807, 2.05) is 54.6 Å². The highest BCUT2D eigenvalue weighted by atomic mass is 32.2. The minimum Gasteiger partial charge on any atom is -0.507 e. The summed E-state index contributed by atoms with van der Waals surface area (Å²) in [4.78, 5) is 20.2. The number of amides is 1. The molecule has 0 spiro atoms. The van der Waals surface area contributed by atoms with Crippen LogP contribution in [0.15, 0.2) is 66.7 Å². The zero-order valence-corrected chi connectivity index (χ0v) is 15.9. The number of carboxylic acid groups (broad SMARTS) is 1. The minimum absolute atomic E-state index is 0.0830. The number of hydrogen-bond donors (Lipinski definition) is 3. The number of ether oxygens (including phenoxy) is 1. The van der Waals surface area contributed by atoms with Gasteiger partial charge in [-0.2, -0.15) is 0 Å². The number of thioether (sulfide) groups is 1. The van der Waals surface area contributed by atoms with Crippen molar-refractivity contribution < 1.29 is 24.5 Å². The highest BCUT2D eigenvalue weighted by Crippen LogP contribution is 2.32. The lowest BCUT2D eigenvalue weighted by atomic mass is 10.1. The Labute approximate surface area is 167 Å². The lowest BCUT2D eigenvalue weighted by Crippen LogP contribution is -2.04. The van der Waals surface area contributed by atoms with E-state index in [0.29, 0.717) is 24.5 Å². The summed E-state index contributed by atoms with van der Waals surface area (Å²) in [5, 5.41) is 22.4. The molecular formula is C21H21NO5S. The van der Waals surface area contributed by atoms with Crippen LogP contribution in [0.3, 0.4) is 0 Å². The van der Waals surface area contributed by atoms with Crippen LogP contribution in [0.25, 0.3) is 10.8 Å². The van der Waals surface area contributed by atoms with Crippen LogP contribution in [-0.4, -0.2) is 40.7 Å². The van der Waals surface area contributed by atoms with Crippen molar-refractivity contribution in [3.05, 3.63) is 66.7 Å². The van der Waals surface area contributed by atoms with E-state index < -0.39 is 5.97 Å². The first-order chi connectivity index (χ1) is 13.6. The first-order valence-electron chi connectivity index (χ1n) is 8.50. The largest absolute Gasteiger partial charge is 0.507 e. The molecule has 0 bridgehead atoms. The van der Waals surface area contributed by atoms with Crippen LogP contribution in [0.5, 0.6) is 11.5 Å². The Bertz CT molecular complexity index is 902. The second-order valence-electron chi connectivity index (χ2n) is 5.55. The summed E-state index contributed by atoms with van der Waals surface area (Å²) >= 11 is 1.32. The number of carbonyl (C=O) groups excluding carboxylic acids is 1. The Morgan fingerprint density at radius 3 is 2.36 bits per heavy atom. The van der Waals surface area contributed by atoms with E-state index in [9.17, 15) is 14.7 Å². The molecular weight excluding hydrogens is 378 g/mol. The topological polar surface area (TPSA) is 95.9 Å². The van der Waals surface area contributed by atoms with E-state index in [2.05, 4.69) is 5.32 Å². The van der Waals surface area contributed by atoms with Crippen molar-refractivity contribution in [2.24, 2.45) is 0 Å². The Morgan fingerprint density at radius 1 is 1.00 bits per heavy atom. The van der Waals surface area contributed by atoms with E-state index in [4.69, 9.17) is 9.84 Å². The monoisotopic (exact) mass is 399 g/mol. The molecule has 0 aliphatic carbocycles. The van der Waals surface area contributed by atoms with Crippen LogP contribution in [0.4, 0.5) is 5.69 Å². The highest BCUT2D eigenvalue weighted by Gasteiger charge is 2.05. The summed E-state index contributed by atoms with van der Waals surface area (Å²) in [6.45, 7) is 0.437. The number of carboxylic acids is 1. The molecule has 0 aliphatic heterocycles. The van der Waals surface area contributed by atoms with Crippen LogP contribution < -0.4 is 10.1 Å². The highest BCUT2D eigenvalue weighted by molar-refractivity contribution is 7.99. The fourth-order valence-electron chi connectivity index (χ4n) is 2.35. The number of anilines is 1. The number of para-hydroxylation sites is 1. The van der Waals surface area contributed by atoms with Crippen LogP contribution in [0.1, 0.15) is 0 Å². The van der Waals surface area contributed by atoms with Crippen LogP contribution in [-0.2, 0) is 9.59 Å². The van der Waals surface area contributed by atoms with Crippen molar-refractivity contribution in [1.29, 1.82) is 0 Å². The number of phenolic OH excluding ortho intramolecular Hbond substituents is 1. The fourth-order valence-corrected chi connectivity index (χ4v) is 2.87. The molecule has 3 N–H and O–H groups in total. The number of phenols is 1. The molecule has 146 valence electrons. The number of rotatable bonds is 8. The number of nitrogens with one attached hydrogen (secondary N) is 1. The van der Waals surface area contributed by atoms with Gasteiger partial charge in [-0.1, -0.05) is 42.5 Å². The van der Waals surface area contributed by atoms with Gasteiger partial charge in [0.2, 0.25) is 6.41 Å². The molecule has 0 unspecified atom stereocenters. The summed E-state index contributed by atoms with van der Waals surface area (Å²) < 4.78 is 5.63. The maximum atomic E-state index is 10.4. The van der Waals surface area contributed by atoms with Gasteiger partial charge in [0.1, 0.15) is 11.5 Å². The molecule has 6 nitrogen and oxygen atoms in total. The standard InChI is InChI=1S/C14H14O4S.C7H7NO/c15-12-5-6-13(11-4-2-1-3-10(11)12)18-7-8-19-9-14(16)17;9-6-8-7-4-2-1-3-5-7/h1-6,15H,7-9H2,(H,16,17);1-6H,(H,8,9). The second kappa shape index (κ2) is 11.5. The van der Waals surface area contributed by atoms with Crippen molar-refractivity contribution in [2.45, 2.75) is 0 Å². The number of benzene rings is 3. The first-order valence-corrected chi connectivity index (χ1v) is 9.65. The summed E-state index contributed by atoms with van der Waals surface area (Å²) in [5.41, 5.74) is 0.826. The van der Waals surface area contributed by atoms with Gasteiger partial charge in [-0.3, -0.25) is 9.59 Å². The average Bonchev–Trinajstić information content (AvgIpc) is 2.71. The number of aromatic hydroxyl groups is 1. The van der Waals surface area contributed by atoms with Gasteiger partial charge >= 0.3 is 5.97 Å². The molecule has 3 rings (SSSR count). The molecule has 0 fully saturated rings. The molecule has 1 amide bonds. The molecule has 0 saturated heterocycles. The zero-order valence-electron chi connectivity index (χ0n) is 15.1. The molecule has 28 heavy (non-hydrogen) atoms. The van der Waals surface area contributed by atoms with E-state index >= 15 is 0 Å². The third kappa shape index (κ3) is 6.85.